The maximum absolute atomic E-state index is 11.8. The number of nitrogens with one attached hydrogen (secondary N) is 2. The normalized spacial score (nSPS) is 11.5. The van der Waals surface area contributed by atoms with E-state index in [-0.39, 0.29) is 16.6 Å². The number of carbonyl (C=O) groups excluding carboxylic acids is 1. The number of hydrogen-bond donors (Lipinski definition) is 2. The molecule has 0 aliphatic rings. The molecule has 6 heteroatoms. The molecule has 1 aromatic heterocycles. The first-order valence-electron chi connectivity index (χ1n) is 6.06. The van der Waals surface area contributed by atoms with Crippen LogP contribution in [0.1, 0.15) is 32.8 Å². The van der Waals surface area contributed by atoms with Crippen molar-refractivity contribution in [2.24, 2.45) is 0 Å². The van der Waals surface area contributed by atoms with Crippen molar-refractivity contribution in [1.29, 1.82) is 0 Å². The lowest BCUT2D eigenvalue weighted by Crippen LogP contribution is -2.37. The Morgan fingerprint density at radius 3 is 2.53 bits per heavy atom. The molecule has 0 bridgehead atoms. The molecule has 1 aromatic rings. The van der Waals surface area contributed by atoms with Crippen LogP contribution in [-0.2, 0) is 4.79 Å². The molecule has 19 heavy (non-hydrogen) atoms. The van der Waals surface area contributed by atoms with Crippen LogP contribution in [0.2, 0.25) is 10.3 Å². The SMILES string of the molecule is Cc1cc(Cl)nc(Cl)c1NC(=O)CCNC(C)(C)C. The second kappa shape index (κ2) is 6.55. The summed E-state index contributed by atoms with van der Waals surface area (Å²) in [5, 5.41) is 6.53. The summed E-state index contributed by atoms with van der Waals surface area (Å²) < 4.78 is 0. The first-order chi connectivity index (χ1) is 8.69. The molecule has 0 unspecified atom stereocenters. The van der Waals surface area contributed by atoms with Gasteiger partial charge in [-0.2, -0.15) is 0 Å². The molecule has 4 nitrogen and oxygen atoms in total. The molecule has 0 saturated carbocycles. The number of halogens is 2. The Morgan fingerprint density at radius 1 is 1.37 bits per heavy atom. The summed E-state index contributed by atoms with van der Waals surface area (Å²) in [7, 11) is 0. The fourth-order valence-electron chi connectivity index (χ4n) is 1.50. The Hall–Kier alpha value is -0.840. The summed E-state index contributed by atoms with van der Waals surface area (Å²) in [4.78, 5) is 15.7. The molecule has 1 heterocycles. The highest BCUT2D eigenvalue weighted by molar-refractivity contribution is 6.34. The number of aromatic nitrogens is 1. The maximum atomic E-state index is 11.8. The van der Waals surface area contributed by atoms with Gasteiger partial charge in [0.15, 0.2) is 5.15 Å². The van der Waals surface area contributed by atoms with E-state index in [1.54, 1.807) is 6.07 Å². The smallest absolute Gasteiger partial charge is 0.225 e. The van der Waals surface area contributed by atoms with Crippen LogP contribution in [0.25, 0.3) is 0 Å². The van der Waals surface area contributed by atoms with Gasteiger partial charge >= 0.3 is 0 Å². The first-order valence-corrected chi connectivity index (χ1v) is 6.82. The number of rotatable bonds is 4. The van der Waals surface area contributed by atoms with E-state index in [9.17, 15) is 4.79 Å². The van der Waals surface area contributed by atoms with E-state index in [1.165, 1.54) is 0 Å². The summed E-state index contributed by atoms with van der Waals surface area (Å²) in [5.41, 5.74) is 1.31. The first kappa shape index (κ1) is 16.2. The molecule has 1 rings (SSSR count). The number of carbonyl (C=O) groups is 1. The van der Waals surface area contributed by atoms with Gasteiger partial charge in [0.1, 0.15) is 5.15 Å². The molecular weight excluding hydrogens is 285 g/mol. The van der Waals surface area contributed by atoms with Gasteiger partial charge in [-0.3, -0.25) is 4.79 Å². The lowest BCUT2D eigenvalue weighted by atomic mass is 10.1. The van der Waals surface area contributed by atoms with Crippen molar-refractivity contribution in [2.45, 2.75) is 39.7 Å². The van der Waals surface area contributed by atoms with Crippen molar-refractivity contribution in [3.8, 4) is 0 Å². The minimum Gasteiger partial charge on any atom is -0.323 e. The zero-order valence-corrected chi connectivity index (χ0v) is 13.1. The van der Waals surface area contributed by atoms with Crippen LogP contribution in [0, 0.1) is 6.92 Å². The van der Waals surface area contributed by atoms with Gasteiger partial charge in [-0.15, -0.1) is 0 Å². The molecule has 0 aliphatic carbocycles. The van der Waals surface area contributed by atoms with E-state index in [4.69, 9.17) is 23.2 Å². The Morgan fingerprint density at radius 2 is 2.00 bits per heavy atom. The molecule has 106 valence electrons. The fraction of sp³-hybridized carbons (Fsp3) is 0.538. The highest BCUT2D eigenvalue weighted by Gasteiger charge is 2.13. The second-order valence-electron chi connectivity index (χ2n) is 5.40. The predicted molar refractivity (Wildman–Crippen MR) is 80.0 cm³/mol. The van der Waals surface area contributed by atoms with Gasteiger partial charge in [-0.05, 0) is 39.3 Å². The van der Waals surface area contributed by atoms with Gasteiger partial charge in [-0.1, -0.05) is 23.2 Å². The average molecular weight is 304 g/mol. The second-order valence-corrected chi connectivity index (χ2v) is 6.15. The summed E-state index contributed by atoms with van der Waals surface area (Å²) in [6, 6.07) is 1.66. The number of aryl methyl sites for hydroxylation is 1. The van der Waals surface area contributed by atoms with Gasteiger partial charge in [0.2, 0.25) is 5.91 Å². The Labute approximate surface area is 123 Å². The molecule has 0 fully saturated rings. The minimum absolute atomic E-state index is 0.00430. The maximum Gasteiger partial charge on any atom is 0.225 e. The standard InChI is InChI=1S/C13H19Cl2N3O/c1-8-7-9(14)17-12(15)11(8)18-10(19)5-6-16-13(2,3)4/h7,16H,5-6H2,1-4H3,(H,18,19). The van der Waals surface area contributed by atoms with E-state index in [0.717, 1.165) is 5.56 Å². The third-order valence-corrected chi connectivity index (χ3v) is 2.88. The molecule has 0 aromatic carbocycles. The molecular formula is C13H19Cl2N3O. The van der Waals surface area contributed by atoms with Gasteiger partial charge in [0.25, 0.3) is 0 Å². The molecule has 0 aliphatic heterocycles. The van der Waals surface area contributed by atoms with Crippen molar-refractivity contribution < 1.29 is 4.79 Å². The lowest BCUT2D eigenvalue weighted by Gasteiger charge is -2.20. The summed E-state index contributed by atoms with van der Waals surface area (Å²) in [5.74, 6) is -0.106. The van der Waals surface area contributed by atoms with Gasteiger partial charge in [0.05, 0.1) is 5.69 Å². The van der Waals surface area contributed by atoms with E-state index in [0.29, 0.717) is 23.8 Å². The Balaban J connectivity index is 2.58. The quantitative estimate of drug-likeness (QED) is 0.838. The fourth-order valence-corrected chi connectivity index (χ4v) is 2.08. The van der Waals surface area contributed by atoms with Crippen molar-refractivity contribution in [2.75, 3.05) is 11.9 Å². The minimum atomic E-state index is -0.106. The van der Waals surface area contributed by atoms with E-state index in [2.05, 4.69) is 36.4 Å². The zero-order valence-electron chi connectivity index (χ0n) is 11.6. The van der Waals surface area contributed by atoms with Crippen molar-refractivity contribution >= 4 is 34.8 Å². The summed E-state index contributed by atoms with van der Waals surface area (Å²) in [6.07, 6.45) is 0.371. The lowest BCUT2D eigenvalue weighted by molar-refractivity contribution is -0.116. The monoisotopic (exact) mass is 303 g/mol. The van der Waals surface area contributed by atoms with Gasteiger partial charge in [-0.25, -0.2) is 4.98 Å². The number of anilines is 1. The predicted octanol–water partition coefficient (Wildman–Crippen LogP) is 3.41. The van der Waals surface area contributed by atoms with E-state index >= 15 is 0 Å². The highest BCUT2D eigenvalue weighted by Crippen LogP contribution is 2.26. The highest BCUT2D eigenvalue weighted by atomic mass is 35.5. The molecule has 2 N–H and O–H groups in total. The third kappa shape index (κ3) is 5.76. The third-order valence-electron chi connectivity index (χ3n) is 2.41. The van der Waals surface area contributed by atoms with Crippen LogP contribution in [0.15, 0.2) is 6.07 Å². The molecule has 1 amide bonds. The van der Waals surface area contributed by atoms with Crippen LogP contribution in [-0.4, -0.2) is 23.0 Å². The summed E-state index contributed by atoms with van der Waals surface area (Å²) in [6.45, 7) is 8.58. The van der Waals surface area contributed by atoms with Crippen LogP contribution in [0.3, 0.4) is 0 Å². The zero-order chi connectivity index (χ0) is 14.6. The van der Waals surface area contributed by atoms with Crippen molar-refractivity contribution in [3.63, 3.8) is 0 Å². The van der Waals surface area contributed by atoms with Crippen LogP contribution in [0.4, 0.5) is 5.69 Å². The van der Waals surface area contributed by atoms with Crippen LogP contribution in [0.5, 0.6) is 0 Å². The largest absolute Gasteiger partial charge is 0.323 e. The number of amides is 1. The number of hydrogen-bond acceptors (Lipinski definition) is 3. The number of nitrogens with zero attached hydrogens (tertiary/aromatic N) is 1. The van der Waals surface area contributed by atoms with Crippen molar-refractivity contribution in [1.82, 2.24) is 10.3 Å². The Kier molecular flexibility index (Phi) is 5.59. The van der Waals surface area contributed by atoms with Crippen LogP contribution < -0.4 is 10.6 Å². The van der Waals surface area contributed by atoms with Gasteiger partial charge < -0.3 is 10.6 Å². The van der Waals surface area contributed by atoms with E-state index in [1.807, 2.05) is 6.92 Å². The average Bonchev–Trinajstić information content (AvgIpc) is 2.21. The van der Waals surface area contributed by atoms with Crippen LogP contribution >= 0.6 is 23.2 Å². The Bertz CT molecular complexity index is 446. The van der Waals surface area contributed by atoms with Gasteiger partial charge in [0, 0.05) is 18.5 Å². The molecule has 0 radical (unpaired) electrons. The molecule has 0 atom stereocenters. The topological polar surface area (TPSA) is 54.0 Å². The molecule has 0 saturated heterocycles. The van der Waals surface area contributed by atoms with E-state index < -0.39 is 0 Å². The summed E-state index contributed by atoms with van der Waals surface area (Å²) >= 11 is 11.7. The molecule has 0 spiro atoms. The number of pyridine rings is 1. The van der Waals surface area contributed by atoms with Crippen molar-refractivity contribution in [3.05, 3.63) is 21.9 Å².